The van der Waals surface area contributed by atoms with Gasteiger partial charge in [0, 0.05) is 23.2 Å². The summed E-state index contributed by atoms with van der Waals surface area (Å²) >= 11 is 0. The number of fused-ring (bicyclic) bond motifs is 1. The Kier molecular flexibility index (Phi) is 4.16. The van der Waals surface area contributed by atoms with E-state index in [0.29, 0.717) is 29.3 Å². The highest BCUT2D eigenvalue weighted by Gasteiger charge is 2.18. The smallest absolute Gasteiger partial charge is 0.343 e. The predicted molar refractivity (Wildman–Crippen MR) is 99.9 cm³/mol. The molecule has 0 atom stereocenters. The average Bonchev–Trinajstić information content (AvgIpc) is 3.11. The number of hydrogen-bond acceptors (Lipinski definition) is 6. The maximum atomic E-state index is 11.9. The molecule has 1 aromatic carbocycles. The first-order chi connectivity index (χ1) is 13.0. The van der Waals surface area contributed by atoms with Crippen molar-refractivity contribution in [3.05, 3.63) is 75.9 Å². The zero-order chi connectivity index (χ0) is 19.0. The molecule has 0 fully saturated rings. The van der Waals surface area contributed by atoms with Gasteiger partial charge in [-0.2, -0.15) is 0 Å². The number of furan rings is 1. The van der Waals surface area contributed by atoms with Crippen molar-refractivity contribution < 1.29 is 18.7 Å². The maximum absolute atomic E-state index is 11.9. The van der Waals surface area contributed by atoms with Crippen molar-refractivity contribution in [3.8, 4) is 23.0 Å². The largest absolute Gasteiger partial charge is 0.507 e. The molecule has 6 heteroatoms. The summed E-state index contributed by atoms with van der Waals surface area (Å²) < 4.78 is 16.9. The number of hydrogen-bond donors (Lipinski definition) is 1. The van der Waals surface area contributed by atoms with E-state index in [1.807, 2.05) is 30.3 Å². The topological polar surface area (TPSA) is 85.7 Å². The fourth-order valence-electron chi connectivity index (χ4n) is 2.82. The molecule has 0 aliphatic carbocycles. The number of benzene rings is 1. The van der Waals surface area contributed by atoms with E-state index in [4.69, 9.17) is 13.6 Å². The summed E-state index contributed by atoms with van der Waals surface area (Å²) in [6.45, 7) is 3.54. The van der Waals surface area contributed by atoms with Crippen LogP contribution in [0.1, 0.15) is 16.8 Å². The van der Waals surface area contributed by atoms with Crippen molar-refractivity contribution in [3.63, 3.8) is 0 Å². The molecule has 136 valence electrons. The molecule has 0 saturated carbocycles. The standard InChI is InChI=1S/C21H17NO5/c1-12-19(23)13(2)21(24)27-20(12)18-9-14-6-7-16(10-17(14)26-18)25-11-15-5-3-4-8-22-15/h3-10,23H,11H2,1-2H3. The molecule has 27 heavy (non-hydrogen) atoms. The third-order valence-corrected chi connectivity index (χ3v) is 4.38. The van der Waals surface area contributed by atoms with Crippen LogP contribution in [0.4, 0.5) is 0 Å². The molecule has 0 aliphatic heterocycles. The molecule has 0 aliphatic rings. The van der Waals surface area contributed by atoms with E-state index >= 15 is 0 Å². The quantitative estimate of drug-likeness (QED) is 0.580. The first kappa shape index (κ1) is 16.9. The molecule has 1 N–H and O–H groups in total. The SMILES string of the molecule is Cc1c(-c2cc3ccc(OCc4ccccn4)cc3o2)oc(=O)c(C)c1O. The molecule has 0 radical (unpaired) electrons. The van der Waals surface area contributed by atoms with E-state index in [1.165, 1.54) is 6.92 Å². The second-order valence-electron chi connectivity index (χ2n) is 6.24. The molecule has 4 rings (SSSR count). The molecule has 6 nitrogen and oxygen atoms in total. The van der Waals surface area contributed by atoms with Crippen molar-refractivity contribution in [2.24, 2.45) is 0 Å². The average molecular weight is 363 g/mol. The molecule has 0 unspecified atom stereocenters. The number of rotatable bonds is 4. The lowest BCUT2D eigenvalue weighted by Crippen LogP contribution is -2.05. The van der Waals surface area contributed by atoms with Crippen LogP contribution in [0.2, 0.25) is 0 Å². The van der Waals surface area contributed by atoms with Crippen molar-refractivity contribution in [1.29, 1.82) is 0 Å². The van der Waals surface area contributed by atoms with Gasteiger partial charge in [-0.25, -0.2) is 4.79 Å². The minimum absolute atomic E-state index is 0.0823. The monoisotopic (exact) mass is 363 g/mol. The van der Waals surface area contributed by atoms with Gasteiger partial charge in [-0.15, -0.1) is 0 Å². The summed E-state index contributed by atoms with van der Waals surface area (Å²) in [5, 5.41) is 10.9. The Hall–Kier alpha value is -3.54. The van der Waals surface area contributed by atoms with Gasteiger partial charge in [0.2, 0.25) is 0 Å². The van der Waals surface area contributed by atoms with E-state index < -0.39 is 5.63 Å². The van der Waals surface area contributed by atoms with Crippen LogP contribution in [-0.4, -0.2) is 10.1 Å². The summed E-state index contributed by atoms with van der Waals surface area (Å²) in [5.74, 6) is 1.15. The van der Waals surface area contributed by atoms with Crippen LogP contribution >= 0.6 is 0 Å². The van der Waals surface area contributed by atoms with Gasteiger partial charge in [0.05, 0.1) is 11.3 Å². The Bertz CT molecular complexity index is 1170. The van der Waals surface area contributed by atoms with Gasteiger partial charge in [-0.3, -0.25) is 4.98 Å². The maximum Gasteiger partial charge on any atom is 0.343 e. The Morgan fingerprint density at radius 2 is 1.93 bits per heavy atom. The van der Waals surface area contributed by atoms with Gasteiger partial charge in [0.1, 0.15) is 23.7 Å². The Morgan fingerprint density at radius 3 is 2.70 bits per heavy atom. The first-order valence-corrected chi connectivity index (χ1v) is 8.43. The summed E-state index contributed by atoms with van der Waals surface area (Å²) in [6.07, 6.45) is 1.72. The van der Waals surface area contributed by atoms with E-state index in [2.05, 4.69) is 4.98 Å². The van der Waals surface area contributed by atoms with Gasteiger partial charge in [0.15, 0.2) is 11.5 Å². The molecule has 0 saturated heterocycles. The summed E-state index contributed by atoms with van der Waals surface area (Å²) in [6, 6.07) is 12.9. The van der Waals surface area contributed by atoms with Crippen LogP contribution < -0.4 is 10.4 Å². The number of ether oxygens (including phenoxy) is 1. The second-order valence-corrected chi connectivity index (χ2v) is 6.24. The van der Waals surface area contributed by atoms with Gasteiger partial charge in [0.25, 0.3) is 0 Å². The van der Waals surface area contributed by atoms with E-state index in [9.17, 15) is 9.90 Å². The van der Waals surface area contributed by atoms with Crippen LogP contribution in [0.25, 0.3) is 22.5 Å². The summed E-state index contributed by atoms with van der Waals surface area (Å²) in [5.41, 5.74) is 1.46. The molecular formula is C21H17NO5. The number of aromatic hydroxyl groups is 1. The van der Waals surface area contributed by atoms with Crippen LogP contribution in [-0.2, 0) is 6.61 Å². The Balaban J connectivity index is 1.66. The van der Waals surface area contributed by atoms with Crippen LogP contribution in [0.15, 0.2) is 62.3 Å². The highest BCUT2D eigenvalue weighted by molar-refractivity contribution is 5.83. The van der Waals surface area contributed by atoms with Crippen molar-refractivity contribution in [1.82, 2.24) is 4.98 Å². The predicted octanol–water partition coefficient (Wildman–Crippen LogP) is 4.35. The summed E-state index contributed by atoms with van der Waals surface area (Å²) in [7, 11) is 0. The Labute approximate surface area is 154 Å². The summed E-state index contributed by atoms with van der Waals surface area (Å²) in [4.78, 5) is 16.1. The highest BCUT2D eigenvalue weighted by atomic mass is 16.5. The molecule has 3 heterocycles. The zero-order valence-electron chi connectivity index (χ0n) is 14.9. The van der Waals surface area contributed by atoms with Gasteiger partial charge >= 0.3 is 5.63 Å². The molecule has 0 amide bonds. The van der Waals surface area contributed by atoms with Crippen LogP contribution in [0, 0.1) is 13.8 Å². The van der Waals surface area contributed by atoms with Crippen LogP contribution in [0.3, 0.4) is 0 Å². The number of nitrogens with zero attached hydrogens (tertiary/aromatic N) is 1. The molecule has 0 spiro atoms. The zero-order valence-corrected chi connectivity index (χ0v) is 14.9. The minimum atomic E-state index is -0.590. The lowest BCUT2D eigenvalue weighted by molar-refractivity contribution is 0.301. The van der Waals surface area contributed by atoms with Gasteiger partial charge in [-0.05, 0) is 44.2 Å². The molecule has 4 aromatic rings. The number of aromatic nitrogens is 1. The fraction of sp³-hybridized carbons (Fsp3) is 0.143. The Morgan fingerprint density at radius 1 is 1.07 bits per heavy atom. The highest BCUT2D eigenvalue weighted by Crippen LogP contribution is 2.34. The van der Waals surface area contributed by atoms with Gasteiger partial charge < -0.3 is 18.7 Å². The lowest BCUT2D eigenvalue weighted by Gasteiger charge is -2.05. The van der Waals surface area contributed by atoms with Crippen molar-refractivity contribution >= 4 is 11.0 Å². The van der Waals surface area contributed by atoms with E-state index in [0.717, 1.165) is 11.1 Å². The molecular weight excluding hydrogens is 346 g/mol. The van der Waals surface area contributed by atoms with E-state index in [1.54, 1.807) is 25.3 Å². The first-order valence-electron chi connectivity index (χ1n) is 8.43. The lowest BCUT2D eigenvalue weighted by atomic mass is 10.1. The molecule has 3 aromatic heterocycles. The van der Waals surface area contributed by atoms with Crippen molar-refractivity contribution in [2.75, 3.05) is 0 Å². The van der Waals surface area contributed by atoms with Crippen molar-refractivity contribution in [2.45, 2.75) is 20.5 Å². The van der Waals surface area contributed by atoms with E-state index in [-0.39, 0.29) is 17.1 Å². The van der Waals surface area contributed by atoms with Crippen LogP contribution in [0.5, 0.6) is 11.5 Å². The number of pyridine rings is 1. The fourth-order valence-corrected chi connectivity index (χ4v) is 2.82. The normalized spacial score (nSPS) is 11.0. The second kappa shape index (κ2) is 6.64. The molecule has 0 bridgehead atoms. The van der Waals surface area contributed by atoms with Gasteiger partial charge in [-0.1, -0.05) is 6.07 Å². The third-order valence-electron chi connectivity index (χ3n) is 4.38. The minimum Gasteiger partial charge on any atom is -0.507 e. The third kappa shape index (κ3) is 3.17.